The maximum absolute atomic E-state index is 11.8. The van der Waals surface area contributed by atoms with Crippen LogP contribution in [0.4, 0.5) is 13.2 Å². The second-order valence-corrected chi connectivity index (χ2v) is 3.71. The first-order valence-corrected chi connectivity index (χ1v) is 5.04. The molecule has 0 aliphatic carbocycles. The normalized spacial score (nSPS) is 23.4. The van der Waals surface area contributed by atoms with E-state index in [4.69, 9.17) is 0 Å². The summed E-state index contributed by atoms with van der Waals surface area (Å²) in [6, 6.07) is -0.116. The van der Waals surface area contributed by atoms with Crippen LogP contribution in [0, 0.1) is 0 Å². The predicted octanol–water partition coefficient (Wildman–Crippen LogP) is 1.20. The third-order valence-electron chi connectivity index (χ3n) is 2.32. The minimum absolute atomic E-state index is 0.0861. The van der Waals surface area contributed by atoms with Crippen LogP contribution in [0.2, 0.25) is 0 Å². The lowest BCUT2D eigenvalue weighted by molar-refractivity contribution is -0.133. The van der Waals surface area contributed by atoms with E-state index in [1.165, 1.54) is 0 Å². The molecular weight excluding hydrogens is 209 g/mol. The summed E-state index contributed by atoms with van der Waals surface area (Å²) in [5.74, 6) is -0.0861. The monoisotopic (exact) mass is 224 g/mol. The lowest BCUT2D eigenvalue weighted by Gasteiger charge is -2.15. The Morgan fingerprint density at radius 1 is 1.47 bits per heavy atom. The van der Waals surface area contributed by atoms with Gasteiger partial charge in [0.05, 0.1) is 6.42 Å². The molecule has 1 aliphatic rings. The first kappa shape index (κ1) is 12.3. The molecule has 2 N–H and O–H groups in total. The van der Waals surface area contributed by atoms with Gasteiger partial charge in [0, 0.05) is 25.6 Å². The quantitative estimate of drug-likeness (QED) is 0.756. The summed E-state index contributed by atoms with van der Waals surface area (Å²) in [5.41, 5.74) is 0. The van der Waals surface area contributed by atoms with Crippen LogP contribution in [0.15, 0.2) is 0 Å². The molecule has 1 amide bonds. The molecule has 0 aromatic rings. The first-order valence-electron chi connectivity index (χ1n) is 5.04. The second kappa shape index (κ2) is 5.34. The molecule has 0 saturated carbocycles. The third kappa shape index (κ3) is 5.61. The van der Waals surface area contributed by atoms with Crippen LogP contribution in [0.3, 0.4) is 0 Å². The van der Waals surface area contributed by atoms with Crippen molar-refractivity contribution in [1.29, 1.82) is 0 Å². The molecule has 0 radical (unpaired) electrons. The standard InChI is InChI=1S/C9H15F3N2O/c10-9(11,12)3-5-13-7-2-1-4-14-8(15)6-7/h7,13H,1-6H2,(H,14,15). The van der Waals surface area contributed by atoms with Gasteiger partial charge in [-0.05, 0) is 12.8 Å². The van der Waals surface area contributed by atoms with Gasteiger partial charge in [-0.1, -0.05) is 0 Å². The Kier molecular flexibility index (Phi) is 4.38. The lowest BCUT2D eigenvalue weighted by Crippen LogP contribution is -2.34. The highest BCUT2D eigenvalue weighted by molar-refractivity contribution is 5.76. The van der Waals surface area contributed by atoms with Gasteiger partial charge in [0.1, 0.15) is 0 Å². The van der Waals surface area contributed by atoms with Crippen molar-refractivity contribution in [3.8, 4) is 0 Å². The number of nitrogens with one attached hydrogen (secondary N) is 2. The number of carbonyl (C=O) groups excluding carboxylic acids is 1. The van der Waals surface area contributed by atoms with Crippen molar-refractivity contribution in [3.05, 3.63) is 0 Å². The Bertz CT molecular complexity index is 218. The maximum atomic E-state index is 11.8. The zero-order chi connectivity index (χ0) is 11.3. The van der Waals surface area contributed by atoms with Gasteiger partial charge in [0.25, 0.3) is 0 Å². The molecule has 1 heterocycles. The lowest BCUT2D eigenvalue weighted by atomic mass is 10.1. The number of hydrogen-bond donors (Lipinski definition) is 2. The zero-order valence-corrected chi connectivity index (χ0v) is 8.36. The minimum Gasteiger partial charge on any atom is -0.356 e. The highest BCUT2D eigenvalue weighted by Gasteiger charge is 2.27. The Morgan fingerprint density at radius 2 is 2.20 bits per heavy atom. The number of halogens is 3. The van der Waals surface area contributed by atoms with E-state index in [1.54, 1.807) is 0 Å². The zero-order valence-electron chi connectivity index (χ0n) is 8.36. The molecular formula is C9H15F3N2O. The average Bonchev–Trinajstić information content (AvgIpc) is 2.27. The Labute approximate surface area is 86.4 Å². The molecule has 1 fully saturated rings. The average molecular weight is 224 g/mol. The van der Waals surface area contributed by atoms with Crippen molar-refractivity contribution in [2.45, 2.75) is 37.9 Å². The van der Waals surface area contributed by atoms with Gasteiger partial charge in [-0.25, -0.2) is 0 Å². The van der Waals surface area contributed by atoms with Crippen molar-refractivity contribution >= 4 is 5.91 Å². The van der Waals surface area contributed by atoms with Crippen molar-refractivity contribution < 1.29 is 18.0 Å². The van der Waals surface area contributed by atoms with Crippen molar-refractivity contribution in [3.63, 3.8) is 0 Å². The fourth-order valence-corrected chi connectivity index (χ4v) is 1.57. The van der Waals surface area contributed by atoms with E-state index in [-0.39, 0.29) is 24.9 Å². The SMILES string of the molecule is O=C1CC(NCCC(F)(F)F)CCCN1. The Balaban J connectivity index is 2.22. The predicted molar refractivity (Wildman–Crippen MR) is 49.3 cm³/mol. The van der Waals surface area contributed by atoms with Crippen LogP contribution >= 0.6 is 0 Å². The molecule has 1 atom stereocenters. The smallest absolute Gasteiger partial charge is 0.356 e. The highest BCUT2D eigenvalue weighted by Crippen LogP contribution is 2.18. The van der Waals surface area contributed by atoms with Crippen LogP contribution in [0.5, 0.6) is 0 Å². The molecule has 15 heavy (non-hydrogen) atoms. The van der Waals surface area contributed by atoms with Gasteiger partial charge in [0.2, 0.25) is 5.91 Å². The third-order valence-corrected chi connectivity index (χ3v) is 2.32. The molecule has 1 aliphatic heterocycles. The van der Waals surface area contributed by atoms with Gasteiger partial charge in [-0.15, -0.1) is 0 Å². The molecule has 3 nitrogen and oxygen atoms in total. The molecule has 0 aromatic carbocycles. The largest absolute Gasteiger partial charge is 0.390 e. The summed E-state index contributed by atoms with van der Waals surface area (Å²) in [6.07, 6.45) is -3.13. The highest BCUT2D eigenvalue weighted by atomic mass is 19.4. The van der Waals surface area contributed by atoms with Gasteiger partial charge in [-0.2, -0.15) is 13.2 Å². The van der Waals surface area contributed by atoms with Crippen molar-refractivity contribution in [1.82, 2.24) is 10.6 Å². The number of carbonyl (C=O) groups is 1. The van der Waals surface area contributed by atoms with Crippen LogP contribution in [0.25, 0.3) is 0 Å². The van der Waals surface area contributed by atoms with Gasteiger partial charge >= 0.3 is 6.18 Å². The summed E-state index contributed by atoms with van der Waals surface area (Å²) in [4.78, 5) is 11.1. The number of hydrogen-bond acceptors (Lipinski definition) is 2. The van der Waals surface area contributed by atoms with E-state index in [9.17, 15) is 18.0 Å². The summed E-state index contributed by atoms with van der Waals surface area (Å²) < 4.78 is 35.5. The summed E-state index contributed by atoms with van der Waals surface area (Å²) in [7, 11) is 0. The van der Waals surface area contributed by atoms with Gasteiger partial charge in [-0.3, -0.25) is 4.79 Å². The van der Waals surface area contributed by atoms with E-state index < -0.39 is 12.6 Å². The van der Waals surface area contributed by atoms with Gasteiger partial charge < -0.3 is 10.6 Å². The molecule has 6 heteroatoms. The first-order chi connectivity index (χ1) is 6.97. The van der Waals surface area contributed by atoms with Gasteiger partial charge in [0.15, 0.2) is 0 Å². The Morgan fingerprint density at radius 3 is 2.87 bits per heavy atom. The van der Waals surface area contributed by atoms with Crippen molar-refractivity contribution in [2.24, 2.45) is 0 Å². The fraction of sp³-hybridized carbons (Fsp3) is 0.889. The molecule has 1 saturated heterocycles. The van der Waals surface area contributed by atoms with E-state index in [1.807, 2.05) is 0 Å². The van der Waals surface area contributed by atoms with Crippen LogP contribution in [0.1, 0.15) is 25.7 Å². The summed E-state index contributed by atoms with van der Waals surface area (Å²) >= 11 is 0. The maximum Gasteiger partial charge on any atom is 0.390 e. The number of rotatable bonds is 3. The topological polar surface area (TPSA) is 41.1 Å². The number of amides is 1. The fourth-order valence-electron chi connectivity index (χ4n) is 1.57. The van der Waals surface area contributed by atoms with Crippen LogP contribution in [-0.2, 0) is 4.79 Å². The molecule has 1 unspecified atom stereocenters. The van der Waals surface area contributed by atoms with Crippen LogP contribution in [-0.4, -0.2) is 31.2 Å². The van der Waals surface area contributed by atoms with E-state index in [0.29, 0.717) is 6.54 Å². The summed E-state index contributed by atoms with van der Waals surface area (Å²) in [6.45, 7) is 0.512. The summed E-state index contributed by atoms with van der Waals surface area (Å²) in [5, 5.41) is 5.45. The van der Waals surface area contributed by atoms with E-state index in [2.05, 4.69) is 10.6 Å². The molecule has 0 spiro atoms. The number of alkyl halides is 3. The molecule has 0 aromatic heterocycles. The second-order valence-electron chi connectivity index (χ2n) is 3.71. The van der Waals surface area contributed by atoms with E-state index in [0.717, 1.165) is 12.8 Å². The minimum atomic E-state index is -4.13. The van der Waals surface area contributed by atoms with Crippen LogP contribution < -0.4 is 10.6 Å². The molecule has 0 bridgehead atoms. The molecule has 1 rings (SSSR count). The Hall–Kier alpha value is -0.780. The van der Waals surface area contributed by atoms with E-state index >= 15 is 0 Å². The van der Waals surface area contributed by atoms with Crippen molar-refractivity contribution in [2.75, 3.05) is 13.1 Å². The molecule has 88 valence electrons.